The summed E-state index contributed by atoms with van der Waals surface area (Å²) in [6.07, 6.45) is 1.83. The van der Waals surface area contributed by atoms with Crippen molar-refractivity contribution in [3.63, 3.8) is 0 Å². The highest BCUT2D eigenvalue weighted by Crippen LogP contribution is 2.37. The van der Waals surface area contributed by atoms with Gasteiger partial charge in [0, 0.05) is 12.3 Å². The van der Waals surface area contributed by atoms with E-state index in [2.05, 4.69) is 0 Å². The number of nitrogens with two attached hydrogens (primary N) is 1. The Morgan fingerprint density at radius 1 is 1.20 bits per heavy atom. The molecule has 1 aromatic carbocycles. The van der Waals surface area contributed by atoms with Crippen molar-refractivity contribution in [3.05, 3.63) is 28.8 Å². The molecule has 2 rings (SSSR count). The fourth-order valence-electron chi connectivity index (χ4n) is 3.04. The Morgan fingerprint density at radius 2 is 1.75 bits per heavy atom. The van der Waals surface area contributed by atoms with Gasteiger partial charge in [-0.1, -0.05) is 20.8 Å². The van der Waals surface area contributed by atoms with Gasteiger partial charge in [-0.05, 0) is 41.7 Å². The molecule has 0 heterocycles. The van der Waals surface area contributed by atoms with Gasteiger partial charge >= 0.3 is 0 Å². The molecule has 1 aliphatic carbocycles. The summed E-state index contributed by atoms with van der Waals surface area (Å²) in [5.74, 6) is 5.13. The number of rotatable bonds is 4. The van der Waals surface area contributed by atoms with E-state index in [0.717, 1.165) is 29.5 Å². The second kappa shape index (κ2) is 5.75. The molecule has 4 heteroatoms. The van der Waals surface area contributed by atoms with E-state index in [-0.39, 0.29) is 17.5 Å². The molecule has 2 atom stereocenters. The lowest BCUT2D eigenvalue weighted by Gasteiger charge is -2.18. The lowest BCUT2D eigenvalue weighted by molar-refractivity contribution is -0.124. The first-order valence-corrected chi connectivity index (χ1v) is 7.12. The van der Waals surface area contributed by atoms with E-state index in [1.54, 1.807) is 0 Å². The Morgan fingerprint density at radius 3 is 2.10 bits per heavy atom. The fourth-order valence-corrected chi connectivity index (χ4v) is 3.04. The number of hydrogen-bond donors (Lipinski definition) is 1. The van der Waals surface area contributed by atoms with Crippen molar-refractivity contribution >= 4 is 11.6 Å². The molecule has 0 amide bonds. The largest absolute Gasteiger partial charge is 0.412 e. The van der Waals surface area contributed by atoms with Crippen molar-refractivity contribution in [2.24, 2.45) is 11.8 Å². The van der Waals surface area contributed by atoms with Crippen LogP contribution in [0.1, 0.15) is 49.8 Å². The minimum absolute atomic E-state index is 0.0355. The molecule has 20 heavy (non-hydrogen) atoms. The molecule has 0 spiro atoms. The second-order valence-electron chi connectivity index (χ2n) is 5.39. The monoisotopic (exact) mass is 275 g/mol. The van der Waals surface area contributed by atoms with Gasteiger partial charge in [-0.3, -0.25) is 9.59 Å². The van der Waals surface area contributed by atoms with E-state index in [1.807, 2.05) is 32.9 Å². The van der Waals surface area contributed by atoms with Crippen molar-refractivity contribution in [3.8, 4) is 5.75 Å². The van der Waals surface area contributed by atoms with Crippen molar-refractivity contribution in [2.75, 3.05) is 0 Å². The normalized spacial score (nSPS) is 22.4. The van der Waals surface area contributed by atoms with Crippen LogP contribution in [-0.2, 0) is 22.4 Å². The van der Waals surface area contributed by atoms with Crippen molar-refractivity contribution < 1.29 is 14.4 Å². The summed E-state index contributed by atoms with van der Waals surface area (Å²) >= 11 is 0. The molecule has 0 aromatic heterocycles. The summed E-state index contributed by atoms with van der Waals surface area (Å²) in [5.41, 5.74) is 2.84. The Balaban J connectivity index is 2.60. The molecule has 1 fully saturated rings. The molecule has 0 aliphatic heterocycles. The molecule has 2 unspecified atom stereocenters. The third kappa shape index (κ3) is 2.36. The fraction of sp³-hybridized carbons (Fsp3) is 0.500. The van der Waals surface area contributed by atoms with E-state index >= 15 is 0 Å². The number of carbonyl (C=O) groups excluding carboxylic acids is 2. The quantitative estimate of drug-likeness (QED) is 0.676. The molecule has 1 aromatic rings. The zero-order valence-corrected chi connectivity index (χ0v) is 12.2. The summed E-state index contributed by atoms with van der Waals surface area (Å²) < 4.78 is 0. The minimum Gasteiger partial charge on any atom is -0.412 e. The third-order valence-corrected chi connectivity index (χ3v) is 4.11. The number of carbonyl (C=O) groups is 2. The summed E-state index contributed by atoms with van der Waals surface area (Å²) in [6.45, 7) is 5.84. The maximum Gasteiger partial charge on any atom is 0.151 e. The molecule has 1 saturated carbocycles. The smallest absolute Gasteiger partial charge is 0.151 e. The van der Waals surface area contributed by atoms with Gasteiger partial charge in [-0.2, -0.15) is 5.90 Å². The standard InChI is InChI=1S/C16H21NO3/c1-4-10-7-12(20-17)8-11(5-2)14(10)15-13(18)6-9(3)16(15)19/h7-9,15H,4-6,17H2,1-3H3. The van der Waals surface area contributed by atoms with Crippen LogP contribution in [0.5, 0.6) is 5.75 Å². The highest BCUT2D eigenvalue weighted by Gasteiger charge is 2.41. The van der Waals surface area contributed by atoms with Crippen LogP contribution in [0.15, 0.2) is 12.1 Å². The van der Waals surface area contributed by atoms with Crippen molar-refractivity contribution in [1.29, 1.82) is 0 Å². The summed E-state index contributed by atoms with van der Waals surface area (Å²) in [7, 11) is 0. The van der Waals surface area contributed by atoms with Crippen LogP contribution >= 0.6 is 0 Å². The van der Waals surface area contributed by atoms with Gasteiger partial charge in [-0.25, -0.2) is 0 Å². The number of aryl methyl sites for hydroxylation is 2. The first-order valence-electron chi connectivity index (χ1n) is 7.12. The molecular formula is C16H21NO3. The van der Waals surface area contributed by atoms with Gasteiger partial charge < -0.3 is 4.84 Å². The maximum atomic E-state index is 12.3. The molecule has 4 nitrogen and oxygen atoms in total. The van der Waals surface area contributed by atoms with Crippen LogP contribution in [0, 0.1) is 5.92 Å². The lowest BCUT2D eigenvalue weighted by Crippen LogP contribution is -2.18. The molecule has 0 radical (unpaired) electrons. The number of Topliss-reactive ketones (excluding diaryl/α,β-unsaturated/α-hetero) is 2. The van der Waals surface area contributed by atoms with Crippen LogP contribution in [0.3, 0.4) is 0 Å². The highest BCUT2D eigenvalue weighted by atomic mass is 16.6. The van der Waals surface area contributed by atoms with Gasteiger partial charge in [0.15, 0.2) is 5.78 Å². The van der Waals surface area contributed by atoms with E-state index in [9.17, 15) is 9.59 Å². The molecule has 0 saturated heterocycles. The summed E-state index contributed by atoms with van der Waals surface area (Å²) in [4.78, 5) is 29.4. The highest BCUT2D eigenvalue weighted by molar-refractivity contribution is 6.14. The zero-order chi connectivity index (χ0) is 14.9. The summed E-state index contributed by atoms with van der Waals surface area (Å²) in [5, 5.41) is 0. The van der Waals surface area contributed by atoms with Crippen LogP contribution in [0.4, 0.5) is 0 Å². The van der Waals surface area contributed by atoms with Crippen molar-refractivity contribution in [1.82, 2.24) is 0 Å². The van der Waals surface area contributed by atoms with Gasteiger partial charge in [0.2, 0.25) is 0 Å². The number of ketones is 2. The Kier molecular flexibility index (Phi) is 4.23. The van der Waals surface area contributed by atoms with E-state index in [0.29, 0.717) is 12.2 Å². The third-order valence-electron chi connectivity index (χ3n) is 4.11. The predicted molar refractivity (Wildman–Crippen MR) is 76.5 cm³/mol. The van der Waals surface area contributed by atoms with Crippen LogP contribution in [-0.4, -0.2) is 11.6 Å². The Labute approximate surface area is 119 Å². The van der Waals surface area contributed by atoms with Gasteiger partial charge in [0.25, 0.3) is 0 Å². The molecule has 0 bridgehead atoms. The van der Waals surface area contributed by atoms with Crippen LogP contribution in [0.25, 0.3) is 0 Å². The molecule has 2 N–H and O–H groups in total. The molecule has 108 valence electrons. The Hall–Kier alpha value is -1.68. The second-order valence-corrected chi connectivity index (χ2v) is 5.39. The van der Waals surface area contributed by atoms with E-state index < -0.39 is 5.92 Å². The first kappa shape index (κ1) is 14.7. The Bertz CT molecular complexity index is 526. The SMILES string of the molecule is CCc1cc(ON)cc(CC)c1C1C(=O)CC(C)C1=O. The maximum absolute atomic E-state index is 12.3. The van der Waals surface area contributed by atoms with Gasteiger partial charge in [-0.15, -0.1) is 0 Å². The zero-order valence-electron chi connectivity index (χ0n) is 12.2. The molecular weight excluding hydrogens is 254 g/mol. The predicted octanol–water partition coefficient (Wildman–Crippen LogP) is 2.33. The molecule has 1 aliphatic rings. The van der Waals surface area contributed by atoms with Crippen LogP contribution < -0.4 is 10.7 Å². The average molecular weight is 275 g/mol. The van der Waals surface area contributed by atoms with Crippen molar-refractivity contribution in [2.45, 2.75) is 46.0 Å². The van der Waals surface area contributed by atoms with Crippen LogP contribution in [0.2, 0.25) is 0 Å². The van der Waals surface area contributed by atoms with E-state index in [1.165, 1.54) is 0 Å². The number of hydrogen-bond acceptors (Lipinski definition) is 4. The van der Waals surface area contributed by atoms with Gasteiger partial charge in [0.05, 0.1) is 0 Å². The number of benzene rings is 1. The van der Waals surface area contributed by atoms with E-state index in [4.69, 9.17) is 10.7 Å². The summed E-state index contributed by atoms with van der Waals surface area (Å²) in [6, 6.07) is 3.66. The van der Waals surface area contributed by atoms with Gasteiger partial charge in [0.1, 0.15) is 17.5 Å². The topological polar surface area (TPSA) is 69.4 Å². The lowest BCUT2D eigenvalue weighted by atomic mass is 9.85. The average Bonchev–Trinajstić information content (AvgIpc) is 2.70. The first-order chi connectivity index (χ1) is 9.53. The minimum atomic E-state index is -0.596.